The highest BCUT2D eigenvalue weighted by atomic mass is 16.5. The van der Waals surface area contributed by atoms with Gasteiger partial charge in [0.05, 0.1) is 19.9 Å². The van der Waals surface area contributed by atoms with E-state index in [0.29, 0.717) is 17.4 Å². The van der Waals surface area contributed by atoms with E-state index < -0.39 is 0 Å². The van der Waals surface area contributed by atoms with Crippen LogP contribution in [0.4, 0.5) is 0 Å². The molecular weight excluding hydrogens is 302 g/mol. The van der Waals surface area contributed by atoms with Crippen LogP contribution in [-0.4, -0.2) is 28.8 Å². The first-order valence-corrected chi connectivity index (χ1v) is 7.83. The zero-order valence-electron chi connectivity index (χ0n) is 13.6. The van der Waals surface area contributed by atoms with Gasteiger partial charge < -0.3 is 9.47 Å². The number of nitrogens with zero attached hydrogens (tertiary/aromatic N) is 3. The molecule has 0 unspecified atom stereocenters. The van der Waals surface area contributed by atoms with E-state index in [0.717, 1.165) is 41.1 Å². The van der Waals surface area contributed by atoms with Gasteiger partial charge in [0.2, 0.25) is 0 Å². The van der Waals surface area contributed by atoms with E-state index in [2.05, 4.69) is 10.9 Å². The average molecular weight is 319 g/mol. The van der Waals surface area contributed by atoms with E-state index in [1.807, 2.05) is 34.8 Å². The normalized spacial score (nSPS) is 13.7. The quantitative estimate of drug-likeness (QED) is 0.693. The van der Waals surface area contributed by atoms with Crippen molar-refractivity contribution in [1.82, 2.24) is 14.6 Å². The maximum atomic E-state index is 5.57. The minimum Gasteiger partial charge on any atom is -0.497 e. The van der Waals surface area contributed by atoms with Crippen LogP contribution in [0.25, 0.3) is 16.9 Å². The molecule has 5 heteroatoms. The molecule has 120 valence electrons. The van der Waals surface area contributed by atoms with Gasteiger partial charge in [0.1, 0.15) is 5.75 Å². The molecule has 0 atom stereocenters. The zero-order chi connectivity index (χ0) is 16.7. The van der Waals surface area contributed by atoms with Crippen molar-refractivity contribution < 1.29 is 9.47 Å². The predicted molar refractivity (Wildman–Crippen MR) is 91.4 cm³/mol. The molecule has 1 fully saturated rings. The highest BCUT2D eigenvalue weighted by Gasteiger charge is 2.29. The summed E-state index contributed by atoms with van der Waals surface area (Å²) in [7, 11) is 3.27. The lowest BCUT2D eigenvalue weighted by molar-refractivity contribution is 0.414. The summed E-state index contributed by atoms with van der Waals surface area (Å²) in [6, 6.07) is 9.60. The molecule has 1 saturated carbocycles. The number of hydrogen-bond donors (Lipinski definition) is 0. The summed E-state index contributed by atoms with van der Waals surface area (Å²) < 4.78 is 12.6. The van der Waals surface area contributed by atoms with Crippen LogP contribution in [0.2, 0.25) is 0 Å². The van der Waals surface area contributed by atoms with Gasteiger partial charge in [-0.15, -0.1) is 6.42 Å². The van der Waals surface area contributed by atoms with E-state index in [1.54, 1.807) is 14.2 Å². The molecule has 0 bridgehead atoms. The van der Waals surface area contributed by atoms with Crippen LogP contribution in [0.1, 0.15) is 30.1 Å². The summed E-state index contributed by atoms with van der Waals surface area (Å²) in [5.74, 6) is 5.43. The molecule has 3 aromatic rings. The van der Waals surface area contributed by atoms with Crippen molar-refractivity contribution in [1.29, 1.82) is 0 Å². The van der Waals surface area contributed by atoms with Crippen LogP contribution in [-0.2, 0) is 0 Å². The summed E-state index contributed by atoms with van der Waals surface area (Å²) in [4.78, 5) is 4.67. The Kier molecular flexibility index (Phi) is 3.39. The maximum Gasteiger partial charge on any atom is 0.198 e. The summed E-state index contributed by atoms with van der Waals surface area (Å²) in [6.45, 7) is 0. The Balaban J connectivity index is 1.95. The lowest BCUT2D eigenvalue weighted by Crippen LogP contribution is -1.98. The third-order valence-corrected chi connectivity index (χ3v) is 4.23. The van der Waals surface area contributed by atoms with Crippen LogP contribution in [0.3, 0.4) is 0 Å². The zero-order valence-corrected chi connectivity index (χ0v) is 13.6. The lowest BCUT2D eigenvalue weighted by atomic mass is 10.1. The number of ether oxygens (including phenoxy) is 2. The Labute approximate surface area is 140 Å². The minimum atomic E-state index is 0.467. The largest absolute Gasteiger partial charge is 0.497 e. The molecule has 0 N–H and O–H groups in total. The molecule has 0 aliphatic heterocycles. The van der Waals surface area contributed by atoms with Crippen LogP contribution in [0, 0.1) is 12.3 Å². The van der Waals surface area contributed by atoms with Gasteiger partial charge in [0.15, 0.2) is 17.2 Å². The minimum absolute atomic E-state index is 0.467. The van der Waals surface area contributed by atoms with Gasteiger partial charge >= 0.3 is 0 Å². The second kappa shape index (κ2) is 5.57. The number of pyridine rings is 1. The monoisotopic (exact) mass is 319 g/mol. The third-order valence-electron chi connectivity index (χ3n) is 4.23. The molecule has 0 spiro atoms. The molecule has 0 saturated heterocycles. The Morgan fingerprint density at radius 3 is 2.67 bits per heavy atom. The molecule has 2 heterocycles. The van der Waals surface area contributed by atoms with Crippen LogP contribution in [0.5, 0.6) is 11.5 Å². The Morgan fingerprint density at radius 1 is 1.17 bits per heavy atom. The van der Waals surface area contributed by atoms with Crippen LogP contribution < -0.4 is 9.47 Å². The average Bonchev–Trinajstić information content (AvgIpc) is 3.38. The molecule has 0 amide bonds. The number of terminal acetylenes is 1. The Bertz CT molecular complexity index is 965. The fourth-order valence-electron chi connectivity index (χ4n) is 2.80. The molecule has 0 radical (unpaired) electrons. The SMILES string of the molecule is C#Cc1cc(OC)cc(-c2ccc(OC)c3nc(C4CC4)nn23)c1. The third kappa shape index (κ3) is 2.37. The van der Waals surface area contributed by atoms with Gasteiger partial charge in [-0.3, -0.25) is 0 Å². The number of hydrogen-bond acceptors (Lipinski definition) is 4. The van der Waals surface area contributed by atoms with Gasteiger partial charge in [-0.2, -0.15) is 5.10 Å². The van der Waals surface area contributed by atoms with E-state index in [9.17, 15) is 0 Å². The number of benzene rings is 1. The van der Waals surface area contributed by atoms with Crippen molar-refractivity contribution in [2.45, 2.75) is 18.8 Å². The van der Waals surface area contributed by atoms with Gasteiger partial charge in [-0.05, 0) is 43.2 Å². The summed E-state index contributed by atoms with van der Waals surface area (Å²) in [5, 5.41) is 4.70. The fraction of sp³-hybridized carbons (Fsp3) is 0.263. The first kappa shape index (κ1) is 14.6. The molecule has 1 aliphatic carbocycles. The lowest BCUT2D eigenvalue weighted by Gasteiger charge is -2.09. The molecule has 4 rings (SSSR count). The van der Waals surface area contributed by atoms with Gasteiger partial charge in [0.25, 0.3) is 0 Å². The second-order valence-corrected chi connectivity index (χ2v) is 5.86. The predicted octanol–water partition coefficient (Wildman–Crippen LogP) is 3.27. The fourth-order valence-corrected chi connectivity index (χ4v) is 2.80. The van der Waals surface area contributed by atoms with E-state index >= 15 is 0 Å². The first-order valence-electron chi connectivity index (χ1n) is 7.83. The highest BCUT2D eigenvalue weighted by Crippen LogP contribution is 2.39. The molecule has 2 aromatic heterocycles. The summed E-state index contributed by atoms with van der Waals surface area (Å²) in [5.41, 5.74) is 3.32. The first-order chi connectivity index (χ1) is 11.7. The molecule has 24 heavy (non-hydrogen) atoms. The van der Waals surface area contributed by atoms with Crippen molar-refractivity contribution in [3.05, 3.63) is 41.7 Å². The van der Waals surface area contributed by atoms with Crippen LogP contribution >= 0.6 is 0 Å². The van der Waals surface area contributed by atoms with E-state index in [1.165, 1.54) is 0 Å². The number of fused-ring (bicyclic) bond motifs is 1. The number of rotatable bonds is 4. The summed E-state index contributed by atoms with van der Waals surface area (Å²) in [6.07, 6.45) is 7.87. The van der Waals surface area contributed by atoms with Crippen molar-refractivity contribution in [2.24, 2.45) is 0 Å². The van der Waals surface area contributed by atoms with E-state index in [-0.39, 0.29) is 0 Å². The number of aromatic nitrogens is 3. The van der Waals surface area contributed by atoms with Crippen molar-refractivity contribution in [3.63, 3.8) is 0 Å². The topological polar surface area (TPSA) is 48.7 Å². The molecule has 1 aromatic carbocycles. The highest BCUT2D eigenvalue weighted by molar-refractivity contribution is 5.69. The van der Waals surface area contributed by atoms with E-state index in [4.69, 9.17) is 21.0 Å². The van der Waals surface area contributed by atoms with Crippen molar-refractivity contribution >= 4 is 5.65 Å². The van der Waals surface area contributed by atoms with Crippen molar-refractivity contribution in [3.8, 4) is 35.1 Å². The molecule has 1 aliphatic rings. The smallest absolute Gasteiger partial charge is 0.198 e. The second-order valence-electron chi connectivity index (χ2n) is 5.86. The van der Waals surface area contributed by atoms with Crippen LogP contribution in [0.15, 0.2) is 30.3 Å². The molecular formula is C19H17N3O2. The standard InChI is InChI=1S/C19H17N3O2/c1-4-12-9-14(11-15(10-12)23-2)16-7-8-17(24-3)19-20-18(13-5-6-13)21-22(16)19/h1,7-11,13H,5-6H2,2-3H3. The summed E-state index contributed by atoms with van der Waals surface area (Å²) >= 11 is 0. The maximum absolute atomic E-state index is 5.57. The van der Waals surface area contributed by atoms with Gasteiger partial charge in [-0.1, -0.05) is 5.92 Å². The Hall–Kier alpha value is -3.00. The Morgan fingerprint density at radius 2 is 2.00 bits per heavy atom. The molecule has 5 nitrogen and oxygen atoms in total. The van der Waals surface area contributed by atoms with Gasteiger partial charge in [0, 0.05) is 17.0 Å². The van der Waals surface area contributed by atoms with Crippen molar-refractivity contribution in [2.75, 3.05) is 14.2 Å². The number of methoxy groups -OCH3 is 2. The van der Waals surface area contributed by atoms with Gasteiger partial charge in [-0.25, -0.2) is 9.50 Å².